The second-order valence-corrected chi connectivity index (χ2v) is 4.93. The van der Waals surface area contributed by atoms with Crippen molar-refractivity contribution in [3.63, 3.8) is 0 Å². The van der Waals surface area contributed by atoms with Crippen LogP contribution in [0.4, 0.5) is 0 Å². The van der Waals surface area contributed by atoms with E-state index in [9.17, 15) is 0 Å². The monoisotopic (exact) mass is 312 g/mol. The Labute approximate surface area is 135 Å². The van der Waals surface area contributed by atoms with Crippen molar-refractivity contribution in [2.45, 2.75) is 13.5 Å². The zero-order valence-electron chi connectivity index (χ0n) is 13.2. The Morgan fingerprint density at radius 2 is 1.96 bits per heavy atom. The lowest BCUT2D eigenvalue weighted by atomic mass is 10.1. The number of benzene rings is 2. The van der Waals surface area contributed by atoms with Crippen molar-refractivity contribution < 1.29 is 9.47 Å². The van der Waals surface area contributed by atoms with Crippen LogP contribution in [-0.2, 0) is 6.61 Å². The van der Waals surface area contributed by atoms with E-state index in [1.165, 1.54) is 11.8 Å². The molecule has 120 valence electrons. The van der Waals surface area contributed by atoms with E-state index >= 15 is 0 Å². The largest absolute Gasteiger partial charge is 0.493 e. The maximum absolute atomic E-state index is 5.93. The lowest BCUT2D eigenvalue weighted by Crippen LogP contribution is -2.21. The Kier molecular flexibility index (Phi) is 5.57. The third kappa shape index (κ3) is 4.74. The Morgan fingerprint density at radius 3 is 2.65 bits per heavy atom. The van der Waals surface area contributed by atoms with E-state index in [0.29, 0.717) is 18.1 Å². The van der Waals surface area contributed by atoms with Gasteiger partial charge in [-0.05, 0) is 24.6 Å². The first kappa shape index (κ1) is 16.4. The number of ether oxygens (including phenoxy) is 2. The molecule has 0 radical (unpaired) electrons. The Hall–Kier alpha value is -3.02. The third-order valence-electron chi connectivity index (χ3n) is 3.06. The summed E-state index contributed by atoms with van der Waals surface area (Å²) in [6, 6.07) is 13.6. The molecule has 0 unspecified atom stereocenters. The van der Waals surface area contributed by atoms with Crippen LogP contribution in [0.2, 0.25) is 0 Å². The van der Waals surface area contributed by atoms with Gasteiger partial charge in [-0.3, -0.25) is 0 Å². The number of guanidine groups is 1. The molecule has 0 bridgehead atoms. The van der Waals surface area contributed by atoms with Gasteiger partial charge in [0.25, 0.3) is 0 Å². The highest BCUT2D eigenvalue weighted by atomic mass is 16.5. The smallest absolute Gasteiger partial charge is 0.211 e. The van der Waals surface area contributed by atoms with Crippen LogP contribution < -0.4 is 20.9 Å². The lowest BCUT2D eigenvalue weighted by molar-refractivity contribution is 0.284. The van der Waals surface area contributed by atoms with Crippen LogP contribution >= 0.6 is 0 Å². The Bertz CT molecular complexity index is 722. The average Bonchev–Trinajstić information content (AvgIpc) is 2.53. The molecule has 23 heavy (non-hydrogen) atoms. The van der Waals surface area contributed by atoms with Gasteiger partial charge >= 0.3 is 0 Å². The average molecular weight is 312 g/mol. The van der Waals surface area contributed by atoms with Crippen molar-refractivity contribution in [1.29, 1.82) is 0 Å². The summed E-state index contributed by atoms with van der Waals surface area (Å²) in [4.78, 5) is 0. The molecule has 0 aliphatic heterocycles. The van der Waals surface area contributed by atoms with Gasteiger partial charge in [0.15, 0.2) is 11.5 Å². The van der Waals surface area contributed by atoms with Crippen LogP contribution in [-0.4, -0.2) is 19.3 Å². The molecule has 6 heteroatoms. The van der Waals surface area contributed by atoms with Crippen LogP contribution in [0.5, 0.6) is 11.5 Å². The molecule has 2 aromatic carbocycles. The first-order valence-electron chi connectivity index (χ1n) is 7.07. The number of aryl methyl sites for hydroxylation is 1. The van der Waals surface area contributed by atoms with Gasteiger partial charge in [-0.1, -0.05) is 35.9 Å². The van der Waals surface area contributed by atoms with E-state index in [1.54, 1.807) is 7.11 Å². The molecule has 2 aromatic rings. The van der Waals surface area contributed by atoms with Gasteiger partial charge < -0.3 is 20.9 Å². The molecule has 0 saturated heterocycles. The predicted octanol–water partition coefficient (Wildman–Crippen LogP) is 2.19. The quantitative estimate of drug-likeness (QED) is 0.485. The van der Waals surface area contributed by atoms with E-state index in [0.717, 1.165) is 11.1 Å². The molecule has 0 aromatic heterocycles. The first-order chi connectivity index (χ1) is 11.1. The maximum Gasteiger partial charge on any atom is 0.211 e. The van der Waals surface area contributed by atoms with Gasteiger partial charge in [0.2, 0.25) is 5.96 Å². The number of methoxy groups -OCH3 is 1. The Balaban J connectivity index is 2.24. The molecule has 0 aliphatic carbocycles. The second-order valence-electron chi connectivity index (χ2n) is 4.93. The van der Waals surface area contributed by atoms with E-state index in [2.05, 4.69) is 16.3 Å². The van der Waals surface area contributed by atoms with Crippen molar-refractivity contribution >= 4 is 12.2 Å². The minimum atomic E-state index is -0.105. The van der Waals surface area contributed by atoms with Crippen molar-refractivity contribution in [1.82, 2.24) is 0 Å². The summed E-state index contributed by atoms with van der Waals surface area (Å²) in [7, 11) is 1.59. The van der Waals surface area contributed by atoms with Crippen molar-refractivity contribution in [2.24, 2.45) is 21.7 Å². The fraction of sp³-hybridized carbons (Fsp3) is 0.176. The highest BCUT2D eigenvalue weighted by Gasteiger charge is 2.09. The molecule has 0 spiro atoms. The molecule has 0 aliphatic rings. The lowest BCUT2D eigenvalue weighted by Gasteiger charge is -2.13. The number of nitrogens with zero attached hydrogens (tertiary/aromatic N) is 2. The fourth-order valence-electron chi connectivity index (χ4n) is 2.06. The molecule has 0 atom stereocenters. The number of para-hydroxylation sites is 1. The van der Waals surface area contributed by atoms with E-state index in [4.69, 9.17) is 20.9 Å². The highest BCUT2D eigenvalue weighted by Crippen LogP contribution is 2.30. The Morgan fingerprint density at radius 1 is 1.17 bits per heavy atom. The molecule has 0 fully saturated rings. The van der Waals surface area contributed by atoms with Crippen molar-refractivity contribution in [3.05, 3.63) is 59.2 Å². The van der Waals surface area contributed by atoms with E-state index in [1.807, 2.05) is 43.3 Å². The molecule has 2 rings (SSSR count). The van der Waals surface area contributed by atoms with Crippen molar-refractivity contribution in [2.75, 3.05) is 7.11 Å². The number of hydrogen-bond donors (Lipinski definition) is 2. The molecular weight excluding hydrogens is 292 g/mol. The zero-order valence-corrected chi connectivity index (χ0v) is 13.2. The van der Waals surface area contributed by atoms with Crippen LogP contribution in [0.25, 0.3) is 0 Å². The minimum Gasteiger partial charge on any atom is -0.493 e. The third-order valence-corrected chi connectivity index (χ3v) is 3.06. The van der Waals surface area contributed by atoms with Gasteiger partial charge in [-0.2, -0.15) is 5.10 Å². The van der Waals surface area contributed by atoms with Crippen molar-refractivity contribution in [3.8, 4) is 11.5 Å². The summed E-state index contributed by atoms with van der Waals surface area (Å²) in [6.45, 7) is 2.46. The fourth-order valence-corrected chi connectivity index (χ4v) is 2.06. The molecule has 4 N–H and O–H groups in total. The van der Waals surface area contributed by atoms with Gasteiger partial charge in [0.05, 0.1) is 13.3 Å². The van der Waals surface area contributed by atoms with E-state index in [-0.39, 0.29) is 5.96 Å². The van der Waals surface area contributed by atoms with Crippen LogP contribution in [0, 0.1) is 6.92 Å². The first-order valence-corrected chi connectivity index (χ1v) is 7.07. The minimum absolute atomic E-state index is 0.105. The summed E-state index contributed by atoms with van der Waals surface area (Å²) in [5.74, 6) is 1.10. The standard InChI is InChI=1S/C17H20N4O2/c1-12-5-3-6-13(9-12)11-23-16-14(10-20-21-17(18)19)7-4-8-15(16)22-2/h3-10H,11H2,1-2H3,(H4,18,19,21). The molecule has 0 amide bonds. The summed E-state index contributed by atoms with van der Waals surface area (Å²) in [5.41, 5.74) is 13.5. The maximum atomic E-state index is 5.93. The molecule has 0 heterocycles. The predicted molar refractivity (Wildman–Crippen MR) is 91.9 cm³/mol. The second kappa shape index (κ2) is 7.84. The summed E-state index contributed by atoms with van der Waals surface area (Å²) in [5, 5.41) is 7.42. The summed E-state index contributed by atoms with van der Waals surface area (Å²) in [6.07, 6.45) is 1.52. The van der Waals surface area contributed by atoms with Gasteiger partial charge in [-0.25, -0.2) is 0 Å². The number of rotatable bonds is 6. The van der Waals surface area contributed by atoms with E-state index < -0.39 is 0 Å². The van der Waals surface area contributed by atoms with Crippen LogP contribution in [0.3, 0.4) is 0 Å². The number of hydrogen-bond acceptors (Lipinski definition) is 4. The summed E-state index contributed by atoms with van der Waals surface area (Å²) < 4.78 is 11.3. The molecular formula is C17H20N4O2. The number of nitrogens with two attached hydrogens (primary N) is 2. The van der Waals surface area contributed by atoms with Crippen LogP contribution in [0.15, 0.2) is 52.7 Å². The molecule has 0 saturated carbocycles. The van der Waals surface area contributed by atoms with Gasteiger partial charge in [0.1, 0.15) is 6.61 Å². The highest BCUT2D eigenvalue weighted by molar-refractivity contribution is 5.86. The topological polar surface area (TPSA) is 95.2 Å². The van der Waals surface area contributed by atoms with Crippen LogP contribution in [0.1, 0.15) is 16.7 Å². The normalized spacial score (nSPS) is 10.5. The van der Waals surface area contributed by atoms with Gasteiger partial charge in [0, 0.05) is 5.56 Å². The van der Waals surface area contributed by atoms with Gasteiger partial charge in [-0.15, -0.1) is 5.10 Å². The molecule has 6 nitrogen and oxygen atoms in total. The summed E-state index contributed by atoms with van der Waals surface area (Å²) >= 11 is 0. The SMILES string of the molecule is COc1cccc(C=NN=C(N)N)c1OCc1cccc(C)c1. The zero-order chi connectivity index (χ0) is 16.7.